The number of pyridine rings is 1. The molecule has 0 radical (unpaired) electrons. The zero-order valence-corrected chi connectivity index (χ0v) is 22.5. The molecule has 9 nitrogen and oxygen atoms in total. The summed E-state index contributed by atoms with van der Waals surface area (Å²) < 4.78 is 27.9. The molecule has 6 rings (SSSR count). The molecule has 2 aliphatic rings. The number of carbonyl (C=O) groups excluding carboxylic acids is 1. The number of carbonyl (C=O) groups is 1. The van der Waals surface area contributed by atoms with Gasteiger partial charge in [-0.05, 0) is 48.4 Å². The molecule has 2 aromatic carbocycles. The molecule has 208 valence electrons. The predicted octanol–water partition coefficient (Wildman–Crippen LogP) is 3.28. The lowest BCUT2D eigenvalue weighted by Crippen LogP contribution is -2.46. The number of carboxylic acids is 1. The van der Waals surface area contributed by atoms with E-state index >= 15 is 0 Å². The highest BCUT2D eigenvalue weighted by atomic mass is 35.5. The summed E-state index contributed by atoms with van der Waals surface area (Å²) in [4.78, 5) is 25.3. The lowest BCUT2D eigenvalue weighted by Gasteiger charge is -2.36. The molecule has 0 aliphatic carbocycles. The first-order valence-corrected chi connectivity index (χ1v) is 13.6. The van der Waals surface area contributed by atoms with Crippen LogP contribution >= 0.6 is 11.6 Å². The number of piperazine rings is 1. The number of aromatic nitrogens is 3. The molecule has 40 heavy (non-hydrogen) atoms. The van der Waals surface area contributed by atoms with Crippen molar-refractivity contribution < 1.29 is 23.8 Å². The van der Waals surface area contributed by atoms with Gasteiger partial charge in [0, 0.05) is 49.6 Å². The summed E-state index contributed by atoms with van der Waals surface area (Å²) >= 11 is 5.86. The summed E-state index contributed by atoms with van der Waals surface area (Å²) in [6, 6.07) is 13.3. The Morgan fingerprint density at radius 1 is 1.15 bits per heavy atom. The van der Waals surface area contributed by atoms with E-state index in [-0.39, 0.29) is 18.3 Å². The fourth-order valence-corrected chi connectivity index (χ4v) is 5.28. The third kappa shape index (κ3) is 5.60. The molecular formula is C29H28ClFN5O4-. The Hall–Kier alpha value is -3.73. The van der Waals surface area contributed by atoms with E-state index in [0.29, 0.717) is 29.6 Å². The largest absolute Gasteiger partial charge is 0.545 e. The molecule has 0 amide bonds. The van der Waals surface area contributed by atoms with Crippen molar-refractivity contribution in [2.24, 2.45) is 0 Å². The van der Waals surface area contributed by atoms with Gasteiger partial charge in [-0.15, -0.1) is 0 Å². The summed E-state index contributed by atoms with van der Waals surface area (Å²) in [5.41, 5.74) is 2.94. The number of anilines is 1. The summed E-state index contributed by atoms with van der Waals surface area (Å²) in [5.74, 6) is -0.283. The van der Waals surface area contributed by atoms with Gasteiger partial charge in [-0.3, -0.25) is 4.90 Å². The average Bonchev–Trinajstić information content (AvgIpc) is 3.26. The summed E-state index contributed by atoms with van der Waals surface area (Å²) in [6.45, 7) is 5.12. The Morgan fingerprint density at radius 2 is 1.98 bits per heavy atom. The van der Waals surface area contributed by atoms with Gasteiger partial charge in [0.2, 0.25) is 5.88 Å². The number of benzene rings is 2. The molecule has 4 aromatic rings. The van der Waals surface area contributed by atoms with Crippen molar-refractivity contribution in [2.75, 3.05) is 37.7 Å². The Labute approximate surface area is 235 Å². The molecule has 2 aromatic heterocycles. The summed E-state index contributed by atoms with van der Waals surface area (Å²) in [7, 11) is 0. The molecule has 11 heteroatoms. The number of hydrogen-bond donors (Lipinski definition) is 0. The number of halogens is 2. The van der Waals surface area contributed by atoms with E-state index < -0.39 is 11.8 Å². The van der Waals surface area contributed by atoms with Crippen LogP contribution in [0.1, 0.15) is 28.2 Å². The number of nitrogens with zero attached hydrogens (tertiary/aromatic N) is 5. The zero-order valence-electron chi connectivity index (χ0n) is 21.8. The van der Waals surface area contributed by atoms with Gasteiger partial charge in [-0.25, -0.2) is 14.4 Å². The van der Waals surface area contributed by atoms with Gasteiger partial charge in [0.25, 0.3) is 0 Å². The van der Waals surface area contributed by atoms with Gasteiger partial charge < -0.3 is 28.8 Å². The molecule has 4 heterocycles. The van der Waals surface area contributed by atoms with Crippen molar-refractivity contribution in [3.63, 3.8) is 0 Å². The molecule has 2 aliphatic heterocycles. The zero-order chi connectivity index (χ0) is 27.6. The van der Waals surface area contributed by atoms with Crippen molar-refractivity contribution >= 4 is 34.3 Å². The Morgan fingerprint density at radius 3 is 2.70 bits per heavy atom. The number of carboxylic acid groups (broad SMARTS) is 1. The number of rotatable bonds is 9. The fraction of sp³-hybridized carbons (Fsp3) is 0.345. The van der Waals surface area contributed by atoms with Gasteiger partial charge in [-0.1, -0.05) is 23.7 Å². The van der Waals surface area contributed by atoms with Crippen LogP contribution in [-0.2, 0) is 24.4 Å². The highest BCUT2D eigenvalue weighted by Gasteiger charge is 2.25. The minimum Gasteiger partial charge on any atom is -0.545 e. The smallest absolute Gasteiger partial charge is 0.237 e. The highest BCUT2D eigenvalue weighted by Crippen LogP contribution is 2.29. The Kier molecular flexibility index (Phi) is 7.55. The van der Waals surface area contributed by atoms with E-state index in [4.69, 9.17) is 26.1 Å². The van der Waals surface area contributed by atoms with Crippen LogP contribution in [0.15, 0.2) is 54.7 Å². The summed E-state index contributed by atoms with van der Waals surface area (Å²) in [5, 5.41) is 11.8. The van der Waals surface area contributed by atoms with Crippen LogP contribution in [-0.4, -0.2) is 64.3 Å². The van der Waals surface area contributed by atoms with Crippen LogP contribution in [0.25, 0.3) is 11.0 Å². The number of imidazole rings is 1. The quantitative estimate of drug-likeness (QED) is 0.306. The minimum absolute atomic E-state index is 0.0492. The van der Waals surface area contributed by atoms with Crippen LogP contribution in [0.5, 0.6) is 5.88 Å². The molecule has 1 atom stereocenters. The molecule has 0 bridgehead atoms. The second kappa shape index (κ2) is 11.4. The van der Waals surface area contributed by atoms with Gasteiger partial charge >= 0.3 is 0 Å². The molecule has 0 N–H and O–H groups in total. The SMILES string of the molecule is O=C([O-])c1ccc2nc(CN3CCN(c4cccnc4OCc4ccc(Cl)cc4F)CC3)n(CC3CCO3)c2c1. The average molecular weight is 565 g/mol. The van der Waals surface area contributed by atoms with Gasteiger partial charge in [-0.2, -0.15) is 0 Å². The van der Waals surface area contributed by atoms with E-state index in [9.17, 15) is 14.3 Å². The van der Waals surface area contributed by atoms with Gasteiger partial charge in [0.05, 0.1) is 41.9 Å². The molecule has 0 saturated carbocycles. The molecule has 0 spiro atoms. The van der Waals surface area contributed by atoms with E-state index in [1.54, 1.807) is 30.5 Å². The normalized spacial score (nSPS) is 17.6. The van der Waals surface area contributed by atoms with Crippen LogP contribution in [0, 0.1) is 5.82 Å². The van der Waals surface area contributed by atoms with Crippen LogP contribution in [0.4, 0.5) is 10.1 Å². The van der Waals surface area contributed by atoms with Gasteiger partial charge in [0.15, 0.2) is 0 Å². The third-order valence-electron chi connectivity index (χ3n) is 7.45. The van der Waals surface area contributed by atoms with Crippen molar-refractivity contribution in [1.82, 2.24) is 19.4 Å². The second-order valence-corrected chi connectivity index (χ2v) is 10.5. The predicted molar refractivity (Wildman–Crippen MR) is 146 cm³/mol. The van der Waals surface area contributed by atoms with Crippen molar-refractivity contribution in [3.05, 3.63) is 82.5 Å². The number of hydrogen-bond acceptors (Lipinski definition) is 8. The van der Waals surface area contributed by atoms with Crippen LogP contribution in [0.3, 0.4) is 0 Å². The first kappa shape index (κ1) is 26.5. The van der Waals surface area contributed by atoms with Crippen molar-refractivity contribution in [2.45, 2.75) is 32.2 Å². The van der Waals surface area contributed by atoms with E-state index in [1.165, 1.54) is 12.1 Å². The summed E-state index contributed by atoms with van der Waals surface area (Å²) in [6.07, 6.45) is 2.73. The monoisotopic (exact) mass is 564 g/mol. The van der Waals surface area contributed by atoms with Crippen molar-refractivity contribution in [3.8, 4) is 5.88 Å². The molecule has 2 saturated heterocycles. The minimum atomic E-state index is -1.20. The molecular weight excluding hydrogens is 537 g/mol. The number of ether oxygens (including phenoxy) is 2. The maximum atomic E-state index is 14.2. The lowest BCUT2D eigenvalue weighted by atomic mass is 10.1. The first-order chi connectivity index (χ1) is 19.4. The second-order valence-electron chi connectivity index (χ2n) is 10.0. The first-order valence-electron chi connectivity index (χ1n) is 13.3. The Bertz CT molecular complexity index is 1530. The van der Waals surface area contributed by atoms with Crippen LogP contribution < -0.4 is 14.7 Å². The van der Waals surface area contributed by atoms with E-state index in [1.807, 2.05) is 12.1 Å². The highest BCUT2D eigenvalue weighted by molar-refractivity contribution is 6.30. The number of fused-ring (bicyclic) bond motifs is 1. The number of aromatic carboxylic acids is 1. The van der Waals surface area contributed by atoms with Crippen molar-refractivity contribution in [1.29, 1.82) is 0 Å². The van der Waals surface area contributed by atoms with E-state index in [2.05, 4.69) is 19.4 Å². The maximum absolute atomic E-state index is 14.2. The standard InChI is InChI=1S/C29H29ClFN5O4/c30-21-5-3-20(23(31)15-21)18-40-28-25(2-1-8-32-28)35-11-9-34(10-12-35)17-27-33-24-6-4-19(29(37)38)14-26(24)36(27)16-22-7-13-39-22/h1-6,8,14-15,22H,7,9-13,16-18H2,(H,37,38)/p-1. The third-order valence-corrected chi connectivity index (χ3v) is 7.69. The molecule has 1 unspecified atom stereocenters. The van der Waals surface area contributed by atoms with Gasteiger partial charge in [0.1, 0.15) is 18.2 Å². The fourth-order valence-electron chi connectivity index (χ4n) is 5.12. The lowest BCUT2D eigenvalue weighted by molar-refractivity contribution is -0.255. The van der Waals surface area contributed by atoms with E-state index in [0.717, 1.165) is 61.8 Å². The Balaban J connectivity index is 1.14. The topological polar surface area (TPSA) is 95.8 Å². The molecule has 2 fully saturated rings. The maximum Gasteiger partial charge on any atom is 0.237 e. The van der Waals surface area contributed by atoms with Crippen LogP contribution in [0.2, 0.25) is 5.02 Å².